The van der Waals surface area contributed by atoms with Crippen molar-refractivity contribution in [2.45, 2.75) is 25.7 Å². The van der Waals surface area contributed by atoms with Gasteiger partial charge < -0.3 is 19.7 Å². The summed E-state index contributed by atoms with van der Waals surface area (Å²) in [6.07, 6.45) is 1.15. The van der Waals surface area contributed by atoms with Gasteiger partial charge in [0.1, 0.15) is 0 Å². The summed E-state index contributed by atoms with van der Waals surface area (Å²) in [7, 11) is 3.56. The van der Waals surface area contributed by atoms with Gasteiger partial charge in [0, 0.05) is 45.1 Å². The van der Waals surface area contributed by atoms with Crippen molar-refractivity contribution in [3.63, 3.8) is 0 Å². The molecule has 1 saturated heterocycles. The lowest BCUT2D eigenvalue weighted by molar-refractivity contribution is 0.0536. The topological polar surface area (TPSA) is 46.1 Å². The Hall–Kier alpha value is -1.59. The van der Waals surface area contributed by atoms with E-state index >= 15 is 0 Å². The Bertz CT molecular complexity index is 531. The highest BCUT2D eigenvalue weighted by molar-refractivity contribution is 5.80. The molecule has 1 atom stereocenters. The fourth-order valence-corrected chi connectivity index (χ4v) is 3.18. The number of nitrogens with zero attached hydrogens (tertiary/aromatic N) is 2. The Morgan fingerprint density at radius 3 is 2.72 bits per heavy atom. The second-order valence-electron chi connectivity index (χ2n) is 7.32. The summed E-state index contributed by atoms with van der Waals surface area (Å²) >= 11 is 0. The molecule has 140 valence electrons. The van der Waals surface area contributed by atoms with Crippen LogP contribution in [0, 0.1) is 5.92 Å². The molecule has 0 spiro atoms. The monoisotopic (exact) mass is 347 g/mol. The molecule has 1 fully saturated rings. The first kappa shape index (κ1) is 19.7. The van der Waals surface area contributed by atoms with E-state index in [1.807, 2.05) is 7.05 Å². The van der Waals surface area contributed by atoms with Gasteiger partial charge in [0.05, 0.1) is 19.8 Å². The molecule has 1 unspecified atom stereocenters. The van der Waals surface area contributed by atoms with Crippen LogP contribution in [0.2, 0.25) is 0 Å². The van der Waals surface area contributed by atoms with E-state index in [2.05, 4.69) is 59.4 Å². The first-order valence-electron chi connectivity index (χ1n) is 9.14. The number of hydrogen-bond donors (Lipinski definition) is 1. The number of ether oxygens (including phenoxy) is 2. The summed E-state index contributed by atoms with van der Waals surface area (Å²) in [5.74, 6) is 1.56. The van der Waals surface area contributed by atoms with E-state index in [1.54, 1.807) is 7.11 Å². The third-order valence-corrected chi connectivity index (χ3v) is 4.83. The zero-order chi connectivity index (χ0) is 18.1. The van der Waals surface area contributed by atoms with E-state index in [9.17, 15) is 0 Å². The van der Waals surface area contributed by atoms with Gasteiger partial charge in [-0.2, -0.15) is 0 Å². The zero-order valence-electron chi connectivity index (χ0n) is 16.1. The van der Waals surface area contributed by atoms with Crippen LogP contribution in [-0.4, -0.2) is 64.5 Å². The van der Waals surface area contributed by atoms with Gasteiger partial charge in [-0.05, 0) is 12.0 Å². The third-order valence-electron chi connectivity index (χ3n) is 4.83. The van der Waals surface area contributed by atoms with Gasteiger partial charge >= 0.3 is 0 Å². The second kappa shape index (κ2) is 9.78. The summed E-state index contributed by atoms with van der Waals surface area (Å²) in [5.41, 5.74) is 1.39. The predicted molar refractivity (Wildman–Crippen MR) is 103 cm³/mol. The minimum Gasteiger partial charge on any atom is -0.382 e. The van der Waals surface area contributed by atoms with Crippen LogP contribution in [0.15, 0.2) is 35.3 Å². The van der Waals surface area contributed by atoms with E-state index < -0.39 is 0 Å². The third kappa shape index (κ3) is 6.01. The molecular weight excluding hydrogens is 314 g/mol. The summed E-state index contributed by atoms with van der Waals surface area (Å²) < 4.78 is 10.7. The van der Waals surface area contributed by atoms with Crippen molar-refractivity contribution in [3.05, 3.63) is 35.9 Å². The molecule has 1 aliphatic rings. The highest BCUT2D eigenvalue weighted by Crippen LogP contribution is 2.22. The van der Waals surface area contributed by atoms with Crippen molar-refractivity contribution >= 4 is 5.96 Å². The Morgan fingerprint density at radius 1 is 1.28 bits per heavy atom. The molecule has 0 bridgehead atoms. The summed E-state index contributed by atoms with van der Waals surface area (Å²) in [5, 5.41) is 3.56. The number of aliphatic imine (C=N–C) groups is 1. The lowest BCUT2D eigenvalue weighted by Crippen LogP contribution is -2.45. The quantitative estimate of drug-likeness (QED) is 0.446. The summed E-state index contributed by atoms with van der Waals surface area (Å²) in [4.78, 5) is 6.82. The van der Waals surface area contributed by atoms with E-state index in [1.165, 1.54) is 5.56 Å². The van der Waals surface area contributed by atoms with Crippen LogP contribution in [0.3, 0.4) is 0 Å². The molecule has 0 aromatic heterocycles. The molecule has 1 N–H and O–H groups in total. The number of methoxy groups -OCH3 is 1. The highest BCUT2D eigenvalue weighted by atomic mass is 16.5. The molecule has 5 nitrogen and oxygen atoms in total. The molecule has 0 aliphatic carbocycles. The molecule has 1 aromatic rings. The van der Waals surface area contributed by atoms with Gasteiger partial charge in [-0.15, -0.1) is 0 Å². The summed E-state index contributed by atoms with van der Waals surface area (Å²) in [6, 6.07) is 10.6. The maximum absolute atomic E-state index is 5.68. The van der Waals surface area contributed by atoms with Crippen LogP contribution in [0.25, 0.3) is 0 Å². The lowest BCUT2D eigenvalue weighted by atomic mass is 9.85. The molecule has 5 heteroatoms. The van der Waals surface area contributed by atoms with Crippen LogP contribution in [0.5, 0.6) is 0 Å². The molecule has 1 aromatic carbocycles. The second-order valence-corrected chi connectivity index (χ2v) is 7.32. The number of guanidine groups is 1. The van der Waals surface area contributed by atoms with E-state index in [0.29, 0.717) is 19.1 Å². The zero-order valence-corrected chi connectivity index (χ0v) is 16.1. The van der Waals surface area contributed by atoms with Gasteiger partial charge in [0.2, 0.25) is 0 Å². The minimum atomic E-state index is 0.0551. The van der Waals surface area contributed by atoms with Crippen LogP contribution >= 0.6 is 0 Å². The van der Waals surface area contributed by atoms with Crippen LogP contribution < -0.4 is 5.32 Å². The van der Waals surface area contributed by atoms with Crippen molar-refractivity contribution in [3.8, 4) is 0 Å². The standard InChI is InChI=1S/C20H33N3O2/c1-20(2,18-8-6-5-7-9-18)16-22-19(21-3)23-11-10-17(14-23)15-25-13-12-24-4/h5-9,17H,10-16H2,1-4H3,(H,21,22). The molecule has 0 amide bonds. The molecule has 25 heavy (non-hydrogen) atoms. The van der Waals surface area contributed by atoms with Crippen LogP contribution in [-0.2, 0) is 14.9 Å². The Kier molecular flexibility index (Phi) is 7.72. The van der Waals surface area contributed by atoms with Crippen LogP contribution in [0.4, 0.5) is 0 Å². The van der Waals surface area contributed by atoms with Crippen molar-refractivity contribution in [1.29, 1.82) is 0 Å². The number of nitrogens with one attached hydrogen (secondary N) is 1. The van der Waals surface area contributed by atoms with Gasteiger partial charge in [0.15, 0.2) is 5.96 Å². The smallest absolute Gasteiger partial charge is 0.193 e. The fourth-order valence-electron chi connectivity index (χ4n) is 3.18. The Balaban J connectivity index is 1.81. The molecule has 1 aliphatic heterocycles. The van der Waals surface area contributed by atoms with Crippen molar-refractivity contribution in [2.75, 3.05) is 53.6 Å². The Labute approximate surface area is 152 Å². The average molecular weight is 348 g/mol. The largest absolute Gasteiger partial charge is 0.382 e. The summed E-state index contributed by atoms with van der Waals surface area (Å²) in [6.45, 7) is 9.54. The van der Waals surface area contributed by atoms with E-state index in [0.717, 1.165) is 38.6 Å². The molecule has 0 saturated carbocycles. The van der Waals surface area contributed by atoms with Crippen molar-refractivity contribution in [1.82, 2.24) is 10.2 Å². The van der Waals surface area contributed by atoms with Gasteiger partial charge in [-0.3, -0.25) is 4.99 Å². The Morgan fingerprint density at radius 2 is 2.04 bits per heavy atom. The molecule has 1 heterocycles. The minimum absolute atomic E-state index is 0.0551. The maximum atomic E-state index is 5.68. The average Bonchev–Trinajstić information content (AvgIpc) is 3.09. The normalized spacial score (nSPS) is 18.6. The fraction of sp³-hybridized carbons (Fsp3) is 0.650. The van der Waals surface area contributed by atoms with Crippen molar-refractivity contribution < 1.29 is 9.47 Å². The molecule has 2 rings (SSSR count). The molecular formula is C20H33N3O2. The number of benzene rings is 1. The number of rotatable bonds is 8. The lowest BCUT2D eigenvalue weighted by Gasteiger charge is -2.29. The SMILES string of the molecule is CN=C(NCC(C)(C)c1ccccc1)N1CCC(COCCOC)C1. The predicted octanol–water partition coefficient (Wildman–Crippen LogP) is 2.52. The van der Waals surface area contributed by atoms with Crippen molar-refractivity contribution in [2.24, 2.45) is 10.9 Å². The van der Waals surface area contributed by atoms with E-state index in [-0.39, 0.29) is 5.41 Å². The number of hydrogen-bond acceptors (Lipinski definition) is 3. The van der Waals surface area contributed by atoms with Gasteiger partial charge in [-0.1, -0.05) is 44.2 Å². The van der Waals surface area contributed by atoms with E-state index in [4.69, 9.17) is 9.47 Å². The first-order valence-corrected chi connectivity index (χ1v) is 9.14. The molecule has 0 radical (unpaired) electrons. The first-order chi connectivity index (χ1) is 12.1. The van der Waals surface area contributed by atoms with Gasteiger partial charge in [0.25, 0.3) is 0 Å². The van der Waals surface area contributed by atoms with Gasteiger partial charge in [-0.25, -0.2) is 0 Å². The highest BCUT2D eigenvalue weighted by Gasteiger charge is 2.27. The number of likely N-dealkylation sites (tertiary alicyclic amines) is 1. The maximum Gasteiger partial charge on any atom is 0.193 e. The van der Waals surface area contributed by atoms with Crippen LogP contribution in [0.1, 0.15) is 25.8 Å².